The number of rotatable bonds is 13. The lowest BCUT2D eigenvalue weighted by Crippen LogP contribution is -2.28. The summed E-state index contributed by atoms with van der Waals surface area (Å²) in [6.07, 6.45) is 17.4. The van der Waals surface area contributed by atoms with Crippen molar-refractivity contribution in [1.29, 1.82) is 0 Å². The fourth-order valence-corrected chi connectivity index (χ4v) is 4.13. The summed E-state index contributed by atoms with van der Waals surface area (Å²) in [5.41, 5.74) is 2.24. The first-order valence-corrected chi connectivity index (χ1v) is 10.7. The second-order valence-electron chi connectivity index (χ2n) is 9.46. The van der Waals surface area contributed by atoms with E-state index in [-0.39, 0.29) is 0 Å². The van der Waals surface area contributed by atoms with E-state index in [1.54, 1.807) is 0 Å². The minimum absolute atomic E-state index is 0.344. The summed E-state index contributed by atoms with van der Waals surface area (Å²) in [5, 5.41) is 0. The Hall–Kier alpha value is -0.850. The molecule has 1 unspecified atom stereocenters. The molecule has 0 saturated heterocycles. The molecule has 0 bridgehead atoms. The number of nitrogens with zero attached hydrogens (tertiary/aromatic N) is 1. The van der Waals surface area contributed by atoms with Crippen molar-refractivity contribution in [3.05, 3.63) is 30.1 Å². The first kappa shape index (κ1) is 22.2. The summed E-state index contributed by atoms with van der Waals surface area (Å²) < 4.78 is 0. The minimum atomic E-state index is 0.344. The summed E-state index contributed by atoms with van der Waals surface area (Å²) in [6.45, 7) is 14.5. The summed E-state index contributed by atoms with van der Waals surface area (Å²) in [4.78, 5) is 4.25. The number of pyridine rings is 1. The Balaban J connectivity index is 2.85. The number of unbranched alkanes of at least 4 members (excludes halogenated alkanes) is 5. The van der Waals surface area contributed by atoms with Gasteiger partial charge in [-0.1, -0.05) is 86.5 Å². The van der Waals surface area contributed by atoms with Gasteiger partial charge in [0.25, 0.3) is 0 Å². The molecule has 0 amide bonds. The van der Waals surface area contributed by atoms with Crippen molar-refractivity contribution in [3.8, 4) is 0 Å². The summed E-state index contributed by atoms with van der Waals surface area (Å²) in [6, 6.07) is 4.50. The van der Waals surface area contributed by atoms with Gasteiger partial charge in [0.15, 0.2) is 0 Å². The maximum atomic E-state index is 4.25. The van der Waals surface area contributed by atoms with Crippen LogP contribution in [0.5, 0.6) is 0 Å². The Morgan fingerprint density at radius 2 is 1.36 bits per heavy atom. The topological polar surface area (TPSA) is 12.9 Å². The smallest absolute Gasteiger partial charge is 0.0270 e. The summed E-state index contributed by atoms with van der Waals surface area (Å²) in [5.74, 6) is 0.619. The molecule has 0 aliphatic carbocycles. The van der Waals surface area contributed by atoms with E-state index in [1.807, 2.05) is 12.4 Å². The molecule has 0 aromatic carbocycles. The van der Waals surface area contributed by atoms with E-state index >= 15 is 0 Å². The van der Waals surface area contributed by atoms with Crippen LogP contribution in [0.25, 0.3) is 0 Å². The van der Waals surface area contributed by atoms with Crippen LogP contribution in [0.4, 0.5) is 0 Å². The van der Waals surface area contributed by atoms with E-state index in [0.717, 1.165) is 0 Å². The molecule has 1 heterocycles. The largest absolute Gasteiger partial charge is 0.265 e. The second-order valence-corrected chi connectivity index (χ2v) is 9.46. The van der Waals surface area contributed by atoms with E-state index in [1.165, 1.54) is 69.8 Å². The molecule has 0 spiro atoms. The van der Waals surface area contributed by atoms with Gasteiger partial charge in [-0.15, -0.1) is 0 Å². The van der Waals surface area contributed by atoms with Crippen molar-refractivity contribution >= 4 is 0 Å². The molecular weight excluding hydrogens is 302 g/mol. The Kier molecular flexibility index (Phi) is 9.75. The number of hydrogen-bond donors (Lipinski definition) is 0. The van der Waals surface area contributed by atoms with Crippen molar-refractivity contribution in [2.45, 2.75) is 112 Å². The first-order chi connectivity index (χ1) is 11.8. The lowest BCUT2D eigenvalue weighted by Gasteiger charge is -2.40. The van der Waals surface area contributed by atoms with Crippen LogP contribution in [0.1, 0.15) is 117 Å². The fraction of sp³-hybridized carbons (Fsp3) is 0.792. The van der Waals surface area contributed by atoms with E-state index in [4.69, 9.17) is 0 Å². The van der Waals surface area contributed by atoms with Crippen LogP contribution < -0.4 is 0 Å². The third-order valence-electron chi connectivity index (χ3n) is 5.94. The van der Waals surface area contributed by atoms with Crippen molar-refractivity contribution < 1.29 is 0 Å². The van der Waals surface area contributed by atoms with Crippen LogP contribution >= 0.6 is 0 Å². The zero-order valence-electron chi connectivity index (χ0n) is 17.9. The Bertz CT molecular complexity index is 446. The van der Waals surface area contributed by atoms with Crippen LogP contribution in [0.15, 0.2) is 24.5 Å². The van der Waals surface area contributed by atoms with E-state index < -0.39 is 0 Å². The first-order valence-electron chi connectivity index (χ1n) is 10.7. The SMILES string of the molecule is CCCCCCC(C)(C)C(CC(C)(C)CCCCC)c1ccncc1. The highest BCUT2D eigenvalue weighted by Gasteiger charge is 2.34. The van der Waals surface area contributed by atoms with E-state index in [0.29, 0.717) is 16.7 Å². The fourth-order valence-electron chi connectivity index (χ4n) is 4.13. The van der Waals surface area contributed by atoms with Gasteiger partial charge in [0.1, 0.15) is 0 Å². The van der Waals surface area contributed by atoms with Gasteiger partial charge in [-0.25, -0.2) is 0 Å². The molecule has 1 aromatic heterocycles. The Morgan fingerprint density at radius 1 is 0.800 bits per heavy atom. The molecule has 25 heavy (non-hydrogen) atoms. The maximum absolute atomic E-state index is 4.25. The lowest BCUT2D eigenvalue weighted by molar-refractivity contribution is 0.171. The van der Waals surface area contributed by atoms with E-state index in [2.05, 4.69) is 58.7 Å². The monoisotopic (exact) mass is 345 g/mol. The predicted octanol–water partition coefficient (Wildman–Crippen LogP) is 8.16. The second kappa shape index (κ2) is 11.0. The van der Waals surface area contributed by atoms with Crippen LogP contribution in [0.3, 0.4) is 0 Å². The van der Waals surface area contributed by atoms with Crippen LogP contribution in [-0.4, -0.2) is 4.98 Å². The third kappa shape index (κ3) is 8.38. The van der Waals surface area contributed by atoms with Gasteiger partial charge in [-0.3, -0.25) is 4.98 Å². The Labute approximate surface area is 158 Å². The quantitative estimate of drug-likeness (QED) is 0.329. The van der Waals surface area contributed by atoms with Crippen LogP contribution in [-0.2, 0) is 0 Å². The molecule has 144 valence electrons. The molecule has 1 rings (SSSR count). The molecule has 0 aliphatic rings. The number of hydrogen-bond acceptors (Lipinski definition) is 1. The highest BCUT2D eigenvalue weighted by atomic mass is 14.6. The van der Waals surface area contributed by atoms with Gasteiger partial charge in [0, 0.05) is 12.4 Å². The van der Waals surface area contributed by atoms with Gasteiger partial charge in [0.2, 0.25) is 0 Å². The highest BCUT2D eigenvalue weighted by Crippen LogP contribution is 2.47. The lowest BCUT2D eigenvalue weighted by atomic mass is 9.65. The standard InChI is InChI=1S/C24H43N/c1-7-9-11-13-17-24(5,6)22(21-14-18-25-19-15-21)20-23(3,4)16-12-10-8-2/h14-15,18-19,22H,7-13,16-17,20H2,1-6H3. The molecule has 0 N–H and O–H groups in total. The average molecular weight is 346 g/mol. The third-order valence-corrected chi connectivity index (χ3v) is 5.94. The van der Waals surface area contributed by atoms with Gasteiger partial charge in [-0.05, 0) is 53.7 Å². The number of aromatic nitrogens is 1. The maximum Gasteiger partial charge on any atom is 0.0270 e. The molecule has 1 nitrogen and oxygen atoms in total. The molecule has 1 heteroatoms. The highest BCUT2D eigenvalue weighted by molar-refractivity contribution is 5.19. The van der Waals surface area contributed by atoms with E-state index in [9.17, 15) is 0 Å². The zero-order valence-corrected chi connectivity index (χ0v) is 17.9. The summed E-state index contributed by atoms with van der Waals surface area (Å²) in [7, 11) is 0. The average Bonchev–Trinajstić information content (AvgIpc) is 2.57. The predicted molar refractivity (Wildman–Crippen MR) is 112 cm³/mol. The molecule has 0 fully saturated rings. The molecule has 1 atom stereocenters. The molecule has 0 aliphatic heterocycles. The van der Waals surface area contributed by atoms with Crippen molar-refractivity contribution in [1.82, 2.24) is 4.98 Å². The van der Waals surface area contributed by atoms with Crippen molar-refractivity contribution in [3.63, 3.8) is 0 Å². The minimum Gasteiger partial charge on any atom is -0.265 e. The Morgan fingerprint density at radius 3 is 1.96 bits per heavy atom. The van der Waals surface area contributed by atoms with Gasteiger partial charge >= 0.3 is 0 Å². The molecule has 0 saturated carbocycles. The van der Waals surface area contributed by atoms with Gasteiger partial charge in [0.05, 0.1) is 0 Å². The normalized spacial score (nSPS) is 13.8. The molecule has 0 radical (unpaired) electrons. The van der Waals surface area contributed by atoms with Crippen LogP contribution in [0, 0.1) is 10.8 Å². The zero-order chi connectivity index (χ0) is 18.8. The van der Waals surface area contributed by atoms with Crippen molar-refractivity contribution in [2.24, 2.45) is 10.8 Å². The van der Waals surface area contributed by atoms with Crippen LogP contribution in [0.2, 0.25) is 0 Å². The van der Waals surface area contributed by atoms with Crippen molar-refractivity contribution in [2.75, 3.05) is 0 Å². The molecule has 1 aromatic rings. The van der Waals surface area contributed by atoms with Gasteiger partial charge in [-0.2, -0.15) is 0 Å². The summed E-state index contributed by atoms with van der Waals surface area (Å²) >= 11 is 0. The van der Waals surface area contributed by atoms with Gasteiger partial charge < -0.3 is 0 Å². The molecular formula is C24H43N.